The number of hydrogen-bond donors (Lipinski definition) is 0. The fraction of sp³-hybridized carbons (Fsp3) is 0. The smallest absolute Gasteiger partial charge is 0.0620 e. The van der Waals surface area contributed by atoms with E-state index in [1.54, 1.807) is 0 Å². The quantitative estimate of drug-likeness (QED) is 0.0919. The van der Waals surface area contributed by atoms with E-state index in [9.17, 15) is 0 Å². The Hall–Kier alpha value is -18.0. The molecule has 26 aromatic rings. The van der Waals surface area contributed by atoms with Crippen LogP contribution < -0.4 is 0 Å². The number of benzene rings is 22. The molecule has 0 radical (unpaired) electrons. The molecule has 4 aromatic heterocycles. The molecule has 4 heteroatoms. The van der Waals surface area contributed by atoms with Crippen molar-refractivity contribution in [2.24, 2.45) is 0 Å². The molecule has 0 N–H and O–H groups in total. The topological polar surface area (TPSA) is 19.7 Å². The van der Waals surface area contributed by atoms with Gasteiger partial charge in [0.25, 0.3) is 0 Å². The van der Waals surface area contributed by atoms with E-state index in [1.807, 2.05) is 0 Å². The molecule has 0 saturated carbocycles. The van der Waals surface area contributed by atoms with Crippen LogP contribution in [0.3, 0.4) is 0 Å². The van der Waals surface area contributed by atoms with Crippen molar-refractivity contribution < 1.29 is 0 Å². The van der Waals surface area contributed by atoms with Gasteiger partial charge in [-0.1, -0.05) is 419 Å². The lowest BCUT2D eigenvalue weighted by molar-refractivity contribution is 1.17. The van der Waals surface area contributed by atoms with E-state index < -0.39 is 0 Å². The average molecular weight is 1730 g/mol. The lowest BCUT2D eigenvalue weighted by atomic mass is 9.95. The number of aromatic nitrogens is 4. The van der Waals surface area contributed by atoms with Crippen LogP contribution >= 0.6 is 0 Å². The minimum absolute atomic E-state index is 1.13. The molecule has 0 aliphatic heterocycles. The molecular formula is C132H88N4. The number of para-hydroxylation sites is 6. The Balaban J connectivity index is 0.000000145. The molecule has 4 nitrogen and oxygen atoms in total. The minimum Gasteiger partial charge on any atom is -0.309 e. The molecule has 0 aliphatic rings. The molecule has 0 saturated heterocycles. The third-order valence-electron chi connectivity index (χ3n) is 27.5. The van der Waals surface area contributed by atoms with Gasteiger partial charge in [-0.15, -0.1) is 0 Å². The summed E-state index contributed by atoms with van der Waals surface area (Å²) in [4.78, 5) is 0. The van der Waals surface area contributed by atoms with Crippen molar-refractivity contribution in [3.8, 4) is 156 Å². The number of rotatable bonds is 16. The van der Waals surface area contributed by atoms with E-state index in [4.69, 9.17) is 0 Å². The molecule has 0 aliphatic carbocycles. The van der Waals surface area contributed by atoms with Crippen LogP contribution in [0.2, 0.25) is 0 Å². The van der Waals surface area contributed by atoms with Crippen LogP contribution in [-0.2, 0) is 0 Å². The van der Waals surface area contributed by atoms with Gasteiger partial charge in [0, 0.05) is 77.0 Å². The predicted octanol–water partition coefficient (Wildman–Crippen LogP) is 35.8. The minimum atomic E-state index is 1.13. The summed E-state index contributed by atoms with van der Waals surface area (Å²) in [5.74, 6) is 0. The molecule has 0 fully saturated rings. The van der Waals surface area contributed by atoms with Gasteiger partial charge >= 0.3 is 0 Å². The summed E-state index contributed by atoms with van der Waals surface area (Å²) in [6.07, 6.45) is 0. The molecule has 0 atom stereocenters. The van der Waals surface area contributed by atoms with Gasteiger partial charge in [0.15, 0.2) is 0 Å². The molecule has 0 unspecified atom stereocenters. The van der Waals surface area contributed by atoms with Gasteiger partial charge in [-0.3, -0.25) is 0 Å². The molecule has 22 aromatic carbocycles. The van der Waals surface area contributed by atoms with E-state index in [0.717, 1.165) is 22.7 Å². The van der Waals surface area contributed by atoms with Crippen molar-refractivity contribution in [3.05, 3.63) is 534 Å². The third kappa shape index (κ3) is 14.6. The average Bonchev–Trinajstić information content (AvgIpc) is 1.56. The Morgan fingerprint density at radius 2 is 0.309 bits per heavy atom. The zero-order chi connectivity index (χ0) is 89.9. The maximum atomic E-state index is 2.47. The Labute approximate surface area is 790 Å². The Kier molecular flexibility index (Phi) is 20.3. The van der Waals surface area contributed by atoms with Crippen LogP contribution in [0, 0.1) is 0 Å². The second-order valence-corrected chi connectivity index (χ2v) is 35.4. The van der Waals surface area contributed by atoms with Crippen molar-refractivity contribution in [1.29, 1.82) is 0 Å². The van der Waals surface area contributed by atoms with Crippen molar-refractivity contribution >= 4 is 87.2 Å². The number of fused-ring (bicyclic) bond motifs is 12. The van der Waals surface area contributed by atoms with Crippen molar-refractivity contribution in [3.63, 3.8) is 0 Å². The van der Waals surface area contributed by atoms with Crippen molar-refractivity contribution in [2.45, 2.75) is 0 Å². The van der Waals surface area contributed by atoms with Gasteiger partial charge < -0.3 is 18.3 Å². The third-order valence-corrected chi connectivity index (χ3v) is 27.5. The zero-order valence-electron chi connectivity index (χ0n) is 74.6. The summed E-state index contributed by atoms with van der Waals surface area (Å²) in [5.41, 5.74) is 43.0. The fourth-order valence-corrected chi connectivity index (χ4v) is 20.9. The van der Waals surface area contributed by atoms with E-state index in [-0.39, 0.29) is 0 Å². The highest BCUT2D eigenvalue weighted by Crippen LogP contribution is 2.47. The molecule has 26 rings (SSSR count). The van der Waals surface area contributed by atoms with Crippen LogP contribution in [0.15, 0.2) is 534 Å². The SMILES string of the molecule is c1ccc(-c2cccc(-c3cccc(-c4ccc(-c5ccc(-n6c7ccccc7c7cc(-c8ccc9c%10ccccc%10n(-c%10cccc(-c%11ccccc%11)c%10)c9c8)ccc76)cc5)cc4)c3)c2)cc1.c1ccc(-c2cccc(-c3cccc(-c4ccc(-c5ccc(-n6c7ccccc7c7cccc(-c8cccc9c%10ccccc%10n(-c%10cccc(-c%11ccccc%11)c%10)c89)c76)cc5)cc4)c3)c2)cc1. The van der Waals surface area contributed by atoms with Crippen LogP contribution in [0.1, 0.15) is 0 Å². The van der Waals surface area contributed by atoms with Crippen molar-refractivity contribution in [2.75, 3.05) is 0 Å². The van der Waals surface area contributed by atoms with Crippen LogP contribution in [0.4, 0.5) is 0 Å². The molecule has 0 bridgehead atoms. The van der Waals surface area contributed by atoms with Gasteiger partial charge in [-0.05, 0) is 238 Å². The molecular weight excluding hydrogens is 1640 g/mol. The Bertz CT molecular complexity index is 9030. The second-order valence-electron chi connectivity index (χ2n) is 35.4. The van der Waals surface area contributed by atoms with E-state index in [1.165, 1.54) is 221 Å². The number of nitrogens with zero attached hydrogens (tertiary/aromatic N) is 4. The highest BCUT2D eigenvalue weighted by molar-refractivity contribution is 6.20. The van der Waals surface area contributed by atoms with Gasteiger partial charge in [0.2, 0.25) is 0 Å². The lowest BCUT2D eigenvalue weighted by Gasteiger charge is -2.16. The first-order chi connectivity index (χ1) is 67.4. The van der Waals surface area contributed by atoms with Gasteiger partial charge in [-0.2, -0.15) is 0 Å². The number of hydrogen-bond acceptors (Lipinski definition) is 0. The first-order valence-electron chi connectivity index (χ1n) is 46.8. The largest absolute Gasteiger partial charge is 0.309 e. The zero-order valence-corrected chi connectivity index (χ0v) is 74.6. The Morgan fingerprint density at radius 3 is 0.699 bits per heavy atom. The standard InChI is InChI=1S/2C66H44N2/c1-3-16-45(17-4-1)50-20-11-22-52(42-50)53-23-12-21-51(43-53)49-36-34-47(35-37-49)48-38-40-55(41-39-48)67-63-32-9-7-26-57(63)59-28-14-30-61(65(59)67)62-31-15-29-60-58-27-8-10-33-64(58)68(66(60)62)56-25-13-24-54(44-56)46-18-5-2-6-19-46;1-3-14-45(15-4-1)50-18-11-20-52(40-50)53-21-12-19-51(41-53)49-30-28-47(29-31-49)48-32-36-57(37-33-48)67-64-27-10-8-25-60(64)62-43-55(35-39-65(62)67)56-34-38-61-59-24-7-9-26-63(59)68(66(61)44-56)58-23-13-22-54(42-58)46-16-5-2-6-17-46/h2*1-44H. The molecule has 0 spiro atoms. The second kappa shape index (κ2) is 34.4. The van der Waals surface area contributed by atoms with Crippen LogP contribution in [-0.4, -0.2) is 18.3 Å². The summed E-state index contributed by atoms with van der Waals surface area (Å²) >= 11 is 0. The van der Waals surface area contributed by atoms with Crippen LogP contribution in [0.25, 0.3) is 243 Å². The maximum Gasteiger partial charge on any atom is 0.0620 e. The maximum absolute atomic E-state index is 2.47. The summed E-state index contributed by atoms with van der Waals surface area (Å²) in [6, 6.07) is 195. The lowest BCUT2D eigenvalue weighted by Crippen LogP contribution is -1.98. The summed E-state index contributed by atoms with van der Waals surface area (Å²) in [7, 11) is 0. The molecule has 636 valence electrons. The van der Waals surface area contributed by atoms with Gasteiger partial charge in [-0.25, -0.2) is 0 Å². The van der Waals surface area contributed by atoms with E-state index in [0.29, 0.717) is 0 Å². The van der Waals surface area contributed by atoms with E-state index in [2.05, 4.69) is 552 Å². The molecule has 136 heavy (non-hydrogen) atoms. The Morgan fingerprint density at radius 1 is 0.0956 bits per heavy atom. The normalized spacial score (nSPS) is 11.5. The van der Waals surface area contributed by atoms with Gasteiger partial charge in [0.1, 0.15) is 0 Å². The fourth-order valence-electron chi connectivity index (χ4n) is 20.9. The first kappa shape index (κ1) is 80.1. The highest BCUT2D eigenvalue weighted by Gasteiger charge is 2.24. The van der Waals surface area contributed by atoms with E-state index >= 15 is 0 Å². The first-order valence-corrected chi connectivity index (χ1v) is 46.8. The summed E-state index contributed by atoms with van der Waals surface area (Å²) < 4.78 is 9.77. The van der Waals surface area contributed by atoms with Crippen molar-refractivity contribution in [1.82, 2.24) is 18.3 Å². The van der Waals surface area contributed by atoms with Crippen LogP contribution in [0.5, 0.6) is 0 Å². The van der Waals surface area contributed by atoms with Gasteiger partial charge in [0.05, 0.1) is 44.1 Å². The monoisotopic (exact) mass is 1730 g/mol. The predicted molar refractivity (Wildman–Crippen MR) is 575 cm³/mol. The highest BCUT2D eigenvalue weighted by atomic mass is 15.0. The summed E-state index contributed by atoms with van der Waals surface area (Å²) in [5, 5.41) is 9.93. The molecule has 4 heterocycles. The summed E-state index contributed by atoms with van der Waals surface area (Å²) in [6.45, 7) is 0. The molecule has 0 amide bonds.